The van der Waals surface area contributed by atoms with Crippen LogP contribution in [-0.2, 0) is 16.1 Å². The van der Waals surface area contributed by atoms with E-state index in [1.807, 2.05) is 78.9 Å². The first kappa shape index (κ1) is 31.5. The number of thioether (sulfide) groups is 1. The molecular weight excluding hydrogens is 625 g/mol. The summed E-state index contributed by atoms with van der Waals surface area (Å²) in [4.78, 5) is 13.4. The number of nitrogens with zero attached hydrogens (tertiary/aromatic N) is 4. The fourth-order valence-electron chi connectivity index (χ4n) is 8.90. The van der Waals surface area contributed by atoms with E-state index in [1.165, 1.54) is 19.3 Å². The zero-order valence-electron chi connectivity index (χ0n) is 27.1. The topological polar surface area (TPSA) is 123 Å². The molecule has 11 heteroatoms. The number of hydrogen-bond donors (Lipinski definition) is 3. The Hall–Kier alpha value is -3.77. The van der Waals surface area contributed by atoms with Gasteiger partial charge in [0.2, 0.25) is 5.16 Å². The van der Waals surface area contributed by atoms with Gasteiger partial charge in [0.05, 0.1) is 24.5 Å². The first-order valence-corrected chi connectivity index (χ1v) is 18.1. The number of aromatic nitrogens is 4. The Morgan fingerprint density at radius 2 is 1.67 bits per heavy atom. The van der Waals surface area contributed by atoms with Crippen LogP contribution < -0.4 is 10.6 Å². The van der Waals surface area contributed by atoms with E-state index < -0.39 is 6.29 Å². The smallest absolute Gasteiger partial charge is 0.319 e. The van der Waals surface area contributed by atoms with E-state index >= 15 is 0 Å². The van der Waals surface area contributed by atoms with Crippen LogP contribution in [0.4, 0.5) is 10.5 Å². The van der Waals surface area contributed by atoms with Gasteiger partial charge >= 0.3 is 6.03 Å². The highest BCUT2D eigenvalue weighted by molar-refractivity contribution is 7.99. The van der Waals surface area contributed by atoms with E-state index in [0.29, 0.717) is 16.6 Å². The molecule has 1 aliphatic heterocycles. The van der Waals surface area contributed by atoms with E-state index in [1.54, 1.807) is 16.4 Å². The summed E-state index contributed by atoms with van der Waals surface area (Å²) >= 11 is 1.55. The van der Waals surface area contributed by atoms with Gasteiger partial charge in [-0.05, 0) is 102 Å². The highest BCUT2D eigenvalue weighted by atomic mass is 32.2. The van der Waals surface area contributed by atoms with E-state index in [4.69, 9.17) is 9.47 Å². The highest BCUT2D eigenvalue weighted by Gasteiger charge is 2.51. The SMILES string of the molecule is C[C@H]1[C@@H](CSc2nnnn2-c2ccccc2)O[C@@H](c2cccc(NC(=O)NC34CC5CC(CC(C5)C3)C4)c2)O[C@H]1c1ccc(CO)cc1. The maximum Gasteiger partial charge on any atom is 0.319 e. The van der Waals surface area contributed by atoms with Crippen LogP contribution in [0.1, 0.15) is 74.5 Å². The molecule has 5 aliphatic rings. The van der Waals surface area contributed by atoms with E-state index in [0.717, 1.165) is 59.4 Å². The van der Waals surface area contributed by atoms with Crippen molar-refractivity contribution in [2.24, 2.45) is 23.7 Å². The number of anilines is 1. The summed E-state index contributed by atoms with van der Waals surface area (Å²) in [6.45, 7) is 2.12. The Morgan fingerprint density at radius 1 is 0.938 bits per heavy atom. The number of amides is 2. The molecule has 3 N–H and O–H groups in total. The molecule has 3 aromatic carbocycles. The third-order valence-electron chi connectivity index (χ3n) is 10.8. The standard InChI is InChI=1S/C37H42N6O4S/c1-23-32(22-48-36-40-41-42-43(36)31-8-3-2-4-9-31)46-34(47-33(23)28-12-10-24(21-44)11-13-28)29-6-5-7-30(17-29)38-35(45)39-37-18-25-14-26(19-37)16-27(15-25)20-37/h2-13,17,23,25-27,32-34,44H,14-16,18-22H2,1H3,(H2,38,39,45)/t23-,25?,26?,27?,32+,33+,34+,37?/m0/s1. The molecule has 0 radical (unpaired) electrons. The van der Waals surface area contributed by atoms with Gasteiger partial charge in [0.15, 0.2) is 6.29 Å². The number of urea groups is 1. The van der Waals surface area contributed by atoms with Crippen molar-refractivity contribution in [3.63, 3.8) is 0 Å². The van der Waals surface area contributed by atoms with Gasteiger partial charge in [-0.1, -0.05) is 73.3 Å². The number of rotatable bonds is 9. The number of nitrogens with one attached hydrogen (secondary N) is 2. The number of hydrogen-bond acceptors (Lipinski definition) is 8. The lowest BCUT2D eigenvalue weighted by Gasteiger charge is -2.56. The number of ether oxygens (including phenoxy) is 2. The van der Waals surface area contributed by atoms with Crippen LogP contribution in [0.3, 0.4) is 0 Å². The van der Waals surface area contributed by atoms with Crippen LogP contribution in [-0.4, -0.2) is 48.7 Å². The molecule has 48 heavy (non-hydrogen) atoms. The van der Waals surface area contributed by atoms with E-state index in [9.17, 15) is 9.90 Å². The average molecular weight is 667 g/mol. The zero-order valence-corrected chi connectivity index (χ0v) is 27.9. The van der Waals surface area contributed by atoms with Crippen molar-refractivity contribution in [3.8, 4) is 5.69 Å². The van der Waals surface area contributed by atoms with E-state index in [2.05, 4.69) is 33.1 Å². The van der Waals surface area contributed by atoms with Crippen molar-refractivity contribution < 1.29 is 19.4 Å². The molecule has 4 bridgehead atoms. The molecule has 4 saturated carbocycles. The minimum atomic E-state index is -0.660. The third-order valence-corrected chi connectivity index (χ3v) is 11.8. The molecule has 1 saturated heterocycles. The Balaban J connectivity index is 1.00. The molecule has 9 rings (SSSR count). The largest absolute Gasteiger partial charge is 0.392 e. The third kappa shape index (κ3) is 6.48. The number of benzene rings is 3. The van der Waals surface area contributed by atoms with Crippen molar-refractivity contribution in [1.29, 1.82) is 0 Å². The fraction of sp³-hybridized carbons (Fsp3) is 0.459. The lowest BCUT2D eigenvalue weighted by molar-refractivity contribution is -0.268. The second kappa shape index (κ2) is 13.3. The lowest BCUT2D eigenvalue weighted by Crippen LogP contribution is -2.60. The van der Waals surface area contributed by atoms with Gasteiger partial charge < -0.3 is 25.2 Å². The van der Waals surface area contributed by atoms with Crippen molar-refractivity contribution in [2.45, 2.75) is 81.2 Å². The number of para-hydroxylation sites is 1. The van der Waals surface area contributed by atoms with Crippen LogP contribution in [0.25, 0.3) is 5.69 Å². The summed E-state index contributed by atoms with van der Waals surface area (Å²) in [6.07, 6.45) is 6.19. The Kier molecular flexibility index (Phi) is 8.71. The summed E-state index contributed by atoms with van der Waals surface area (Å²) in [5.41, 5.74) is 4.23. The maximum absolute atomic E-state index is 13.4. The predicted molar refractivity (Wildman–Crippen MR) is 182 cm³/mol. The van der Waals surface area contributed by atoms with Gasteiger partial charge in [0.25, 0.3) is 0 Å². The molecule has 2 amide bonds. The van der Waals surface area contributed by atoms with Crippen molar-refractivity contribution in [3.05, 3.63) is 95.6 Å². The minimum Gasteiger partial charge on any atom is -0.392 e. The molecule has 0 unspecified atom stereocenters. The van der Waals surface area contributed by atoms with Gasteiger partial charge in [-0.3, -0.25) is 0 Å². The molecule has 250 valence electrons. The lowest BCUT2D eigenvalue weighted by atomic mass is 9.53. The quantitative estimate of drug-likeness (QED) is 0.166. The van der Waals surface area contributed by atoms with Crippen LogP contribution in [0.5, 0.6) is 0 Å². The van der Waals surface area contributed by atoms with Crippen molar-refractivity contribution in [2.75, 3.05) is 11.1 Å². The van der Waals surface area contributed by atoms with Crippen LogP contribution >= 0.6 is 11.8 Å². The number of aliphatic hydroxyl groups excluding tert-OH is 1. The summed E-state index contributed by atoms with van der Waals surface area (Å²) in [6, 6.07) is 25.4. The van der Waals surface area contributed by atoms with E-state index in [-0.39, 0.29) is 36.3 Å². The normalized spacial score (nSPS) is 30.7. The number of aliphatic hydroxyl groups is 1. The first-order valence-electron chi connectivity index (χ1n) is 17.1. The molecule has 2 heterocycles. The fourth-order valence-corrected chi connectivity index (χ4v) is 9.95. The monoisotopic (exact) mass is 666 g/mol. The maximum atomic E-state index is 13.4. The minimum absolute atomic E-state index is 0.00199. The first-order chi connectivity index (χ1) is 23.4. The highest BCUT2D eigenvalue weighted by Crippen LogP contribution is 2.55. The Morgan fingerprint density at radius 3 is 2.38 bits per heavy atom. The Labute approximate surface area is 285 Å². The summed E-state index contributed by atoms with van der Waals surface area (Å²) in [5, 5.41) is 29.3. The molecule has 5 fully saturated rings. The second-order valence-electron chi connectivity index (χ2n) is 14.2. The van der Waals surface area contributed by atoms with Crippen molar-refractivity contribution in [1.82, 2.24) is 25.5 Å². The molecule has 4 aromatic rings. The number of carbonyl (C=O) groups excluding carboxylic acids is 1. The summed E-state index contributed by atoms with van der Waals surface area (Å²) < 4.78 is 15.1. The zero-order chi connectivity index (χ0) is 32.7. The van der Waals surface area contributed by atoms with Crippen LogP contribution in [0, 0.1) is 23.7 Å². The molecule has 1 aromatic heterocycles. The van der Waals surface area contributed by atoms with Gasteiger partial charge in [-0.25, -0.2) is 4.79 Å². The van der Waals surface area contributed by atoms with Gasteiger partial charge in [-0.2, -0.15) is 4.68 Å². The molecule has 4 aliphatic carbocycles. The Bertz CT molecular complexity index is 1700. The predicted octanol–water partition coefficient (Wildman–Crippen LogP) is 6.83. The van der Waals surface area contributed by atoms with Crippen LogP contribution in [0.2, 0.25) is 0 Å². The molecule has 0 spiro atoms. The average Bonchev–Trinajstić information content (AvgIpc) is 3.56. The molecule has 10 nitrogen and oxygen atoms in total. The van der Waals surface area contributed by atoms with Gasteiger partial charge in [0.1, 0.15) is 0 Å². The van der Waals surface area contributed by atoms with Gasteiger partial charge in [0, 0.05) is 28.5 Å². The van der Waals surface area contributed by atoms with Gasteiger partial charge in [-0.15, -0.1) is 5.10 Å². The number of tetrazole rings is 1. The molecular formula is C37H42N6O4S. The second-order valence-corrected chi connectivity index (χ2v) is 15.2. The molecule has 4 atom stereocenters. The summed E-state index contributed by atoms with van der Waals surface area (Å²) in [5.74, 6) is 2.88. The van der Waals surface area contributed by atoms with Crippen molar-refractivity contribution >= 4 is 23.5 Å². The number of carbonyl (C=O) groups is 1. The summed E-state index contributed by atoms with van der Waals surface area (Å²) in [7, 11) is 0. The van der Waals surface area contributed by atoms with Crippen LogP contribution in [0.15, 0.2) is 84.0 Å².